The first-order chi connectivity index (χ1) is 8.49. The monoisotopic (exact) mass is 250 g/mol. The third kappa shape index (κ3) is 2.28. The van der Waals surface area contributed by atoms with Gasteiger partial charge in [0, 0.05) is 24.2 Å². The number of anilines is 1. The largest absolute Gasteiger partial charge is 0.480 e. The zero-order chi connectivity index (χ0) is 13.3. The molecule has 0 aliphatic carbocycles. The minimum atomic E-state index is -1.11. The summed E-state index contributed by atoms with van der Waals surface area (Å²) >= 11 is 0. The molecule has 0 unspecified atom stereocenters. The van der Waals surface area contributed by atoms with Crippen LogP contribution in [0.4, 0.5) is 5.69 Å². The summed E-state index contributed by atoms with van der Waals surface area (Å²) in [4.78, 5) is 24.4. The first kappa shape index (κ1) is 12.4. The molecule has 0 saturated carbocycles. The number of carboxylic acid groups (broad SMARTS) is 1. The van der Waals surface area contributed by atoms with Gasteiger partial charge in [-0.25, -0.2) is 4.79 Å². The molecule has 1 saturated heterocycles. The number of nitrogens with zero attached hydrogens (tertiary/aromatic N) is 1. The number of hydrogen-bond donors (Lipinski definition) is 3. The van der Waals surface area contributed by atoms with Crippen LogP contribution in [-0.2, 0) is 4.79 Å². The maximum absolute atomic E-state index is 12.2. The predicted octanol–water partition coefficient (Wildman–Crippen LogP) is -0.0712. The van der Waals surface area contributed by atoms with Crippen molar-refractivity contribution in [3.63, 3.8) is 0 Å². The third-order valence-corrected chi connectivity index (χ3v) is 2.96. The van der Waals surface area contributed by atoms with Crippen molar-refractivity contribution in [1.29, 1.82) is 0 Å². The van der Waals surface area contributed by atoms with E-state index in [1.54, 1.807) is 18.2 Å². The van der Waals surface area contributed by atoms with Crippen molar-refractivity contribution < 1.29 is 19.8 Å². The molecule has 1 aromatic rings. The van der Waals surface area contributed by atoms with Crippen molar-refractivity contribution in [3.8, 4) is 0 Å². The normalized spacial score (nSPS) is 23.1. The molecule has 0 radical (unpaired) electrons. The van der Waals surface area contributed by atoms with E-state index >= 15 is 0 Å². The Morgan fingerprint density at radius 1 is 1.39 bits per heavy atom. The summed E-state index contributed by atoms with van der Waals surface area (Å²) in [6.07, 6.45) is -0.736. The number of β-amino-alcohol motifs (C(OH)–C–C–N with tert-alkyl or cyclic N) is 1. The summed E-state index contributed by atoms with van der Waals surface area (Å²) in [5, 5.41) is 18.5. The van der Waals surface area contributed by atoms with Gasteiger partial charge in [-0.05, 0) is 18.2 Å². The fourth-order valence-corrected chi connectivity index (χ4v) is 2.11. The summed E-state index contributed by atoms with van der Waals surface area (Å²) in [7, 11) is 0. The number of aliphatic hydroxyl groups is 1. The Kier molecular flexibility index (Phi) is 3.20. The molecule has 0 aromatic heterocycles. The second-order valence-corrected chi connectivity index (χ2v) is 4.33. The van der Waals surface area contributed by atoms with Gasteiger partial charge in [-0.3, -0.25) is 4.79 Å². The number of nitrogen functional groups attached to an aromatic ring is 1. The van der Waals surface area contributed by atoms with Crippen molar-refractivity contribution in [3.05, 3.63) is 29.8 Å². The van der Waals surface area contributed by atoms with Crippen LogP contribution < -0.4 is 5.73 Å². The number of hydrogen-bond acceptors (Lipinski definition) is 4. The van der Waals surface area contributed by atoms with E-state index in [2.05, 4.69) is 0 Å². The Morgan fingerprint density at radius 2 is 2.11 bits per heavy atom. The van der Waals surface area contributed by atoms with Gasteiger partial charge >= 0.3 is 5.97 Å². The summed E-state index contributed by atoms with van der Waals surface area (Å²) in [5.74, 6) is -1.53. The quantitative estimate of drug-likeness (QED) is 0.637. The molecule has 1 aromatic carbocycles. The highest BCUT2D eigenvalue weighted by atomic mass is 16.4. The van der Waals surface area contributed by atoms with Gasteiger partial charge in [-0.1, -0.05) is 6.07 Å². The molecule has 6 nitrogen and oxygen atoms in total. The van der Waals surface area contributed by atoms with Crippen LogP contribution in [0.1, 0.15) is 16.8 Å². The van der Waals surface area contributed by atoms with E-state index in [0.29, 0.717) is 11.3 Å². The second kappa shape index (κ2) is 4.66. The van der Waals surface area contributed by atoms with E-state index in [1.165, 1.54) is 11.0 Å². The SMILES string of the molecule is Nc1cccc(C(=O)N2C[C@H](O)C[C@H]2C(=O)O)c1. The highest BCUT2D eigenvalue weighted by Crippen LogP contribution is 2.21. The van der Waals surface area contributed by atoms with Crippen molar-refractivity contribution >= 4 is 17.6 Å². The fourth-order valence-electron chi connectivity index (χ4n) is 2.11. The minimum Gasteiger partial charge on any atom is -0.480 e. The smallest absolute Gasteiger partial charge is 0.326 e. The lowest BCUT2D eigenvalue weighted by atomic mass is 10.1. The fraction of sp³-hybridized carbons (Fsp3) is 0.333. The third-order valence-electron chi connectivity index (χ3n) is 2.96. The number of nitrogens with two attached hydrogens (primary N) is 1. The summed E-state index contributed by atoms with van der Waals surface area (Å²) in [6.45, 7) is 0.0323. The summed E-state index contributed by atoms with van der Waals surface area (Å²) in [5.41, 5.74) is 6.35. The molecule has 1 aliphatic rings. The molecule has 1 heterocycles. The lowest BCUT2D eigenvalue weighted by Crippen LogP contribution is -2.40. The van der Waals surface area contributed by atoms with Crippen LogP contribution in [0, 0.1) is 0 Å². The number of rotatable bonds is 2. The van der Waals surface area contributed by atoms with Gasteiger partial charge in [-0.2, -0.15) is 0 Å². The molecule has 4 N–H and O–H groups in total. The van der Waals surface area contributed by atoms with Gasteiger partial charge in [0.15, 0.2) is 0 Å². The molecule has 1 aliphatic heterocycles. The number of carbonyl (C=O) groups is 2. The van der Waals surface area contributed by atoms with Crippen LogP contribution >= 0.6 is 0 Å². The molecule has 1 fully saturated rings. The molecular formula is C12H14N2O4. The van der Waals surface area contributed by atoms with E-state index in [9.17, 15) is 14.7 Å². The molecule has 18 heavy (non-hydrogen) atoms. The number of carbonyl (C=O) groups excluding carboxylic acids is 1. The number of carboxylic acids is 1. The topological polar surface area (TPSA) is 104 Å². The molecule has 96 valence electrons. The zero-order valence-corrected chi connectivity index (χ0v) is 9.61. The van der Waals surface area contributed by atoms with Gasteiger partial charge in [-0.15, -0.1) is 0 Å². The maximum Gasteiger partial charge on any atom is 0.326 e. The Morgan fingerprint density at radius 3 is 2.72 bits per heavy atom. The summed E-state index contributed by atoms with van der Waals surface area (Å²) < 4.78 is 0. The number of amides is 1. The molecule has 1 amide bonds. The van der Waals surface area contributed by atoms with E-state index in [-0.39, 0.29) is 13.0 Å². The first-order valence-corrected chi connectivity index (χ1v) is 5.56. The summed E-state index contributed by atoms with van der Waals surface area (Å²) in [6, 6.07) is 5.36. The molecule has 2 rings (SSSR count). The van der Waals surface area contributed by atoms with Crippen LogP contribution in [0.2, 0.25) is 0 Å². The van der Waals surface area contributed by atoms with Crippen LogP contribution in [0.25, 0.3) is 0 Å². The van der Waals surface area contributed by atoms with Crippen LogP contribution in [0.5, 0.6) is 0 Å². The molecular weight excluding hydrogens is 236 g/mol. The number of aliphatic hydroxyl groups excluding tert-OH is 1. The Bertz CT molecular complexity index is 489. The lowest BCUT2D eigenvalue weighted by Gasteiger charge is -2.21. The number of benzene rings is 1. The average Bonchev–Trinajstić information content (AvgIpc) is 2.70. The Balaban J connectivity index is 2.25. The average molecular weight is 250 g/mol. The second-order valence-electron chi connectivity index (χ2n) is 4.33. The van der Waals surface area contributed by atoms with E-state index in [0.717, 1.165) is 0 Å². The van der Waals surface area contributed by atoms with E-state index < -0.39 is 24.0 Å². The van der Waals surface area contributed by atoms with Gasteiger partial charge in [0.1, 0.15) is 6.04 Å². The first-order valence-electron chi connectivity index (χ1n) is 5.56. The predicted molar refractivity (Wildman–Crippen MR) is 63.9 cm³/mol. The standard InChI is InChI=1S/C12H14N2O4/c13-8-3-1-2-7(4-8)11(16)14-6-9(15)5-10(14)12(17)18/h1-4,9-10,15H,5-6,13H2,(H,17,18)/t9-,10+/m1/s1. The van der Waals surface area contributed by atoms with Crippen molar-refractivity contribution in [1.82, 2.24) is 4.90 Å². The lowest BCUT2D eigenvalue weighted by molar-refractivity contribution is -0.141. The minimum absolute atomic E-state index is 0.0323. The highest BCUT2D eigenvalue weighted by molar-refractivity contribution is 5.97. The molecule has 6 heteroatoms. The van der Waals surface area contributed by atoms with Crippen LogP contribution in [-0.4, -0.2) is 45.7 Å². The van der Waals surface area contributed by atoms with Crippen LogP contribution in [0.15, 0.2) is 24.3 Å². The van der Waals surface area contributed by atoms with Gasteiger partial charge in [0.25, 0.3) is 5.91 Å². The van der Waals surface area contributed by atoms with E-state index in [4.69, 9.17) is 10.8 Å². The van der Waals surface area contributed by atoms with Crippen molar-refractivity contribution in [2.45, 2.75) is 18.6 Å². The van der Waals surface area contributed by atoms with Crippen molar-refractivity contribution in [2.24, 2.45) is 0 Å². The molecule has 2 atom stereocenters. The maximum atomic E-state index is 12.2. The van der Waals surface area contributed by atoms with Crippen LogP contribution in [0.3, 0.4) is 0 Å². The van der Waals surface area contributed by atoms with Crippen molar-refractivity contribution in [2.75, 3.05) is 12.3 Å². The molecule has 0 spiro atoms. The Hall–Kier alpha value is -2.08. The van der Waals surface area contributed by atoms with Gasteiger partial charge in [0.2, 0.25) is 0 Å². The molecule has 0 bridgehead atoms. The highest BCUT2D eigenvalue weighted by Gasteiger charge is 2.39. The van der Waals surface area contributed by atoms with E-state index in [1.807, 2.05) is 0 Å². The van der Waals surface area contributed by atoms with Gasteiger partial charge < -0.3 is 20.8 Å². The number of likely N-dealkylation sites (tertiary alicyclic amines) is 1. The zero-order valence-electron chi connectivity index (χ0n) is 9.61. The number of aliphatic carboxylic acids is 1. The Labute approximate surface area is 104 Å². The van der Waals surface area contributed by atoms with Gasteiger partial charge in [0.05, 0.1) is 6.10 Å².